The first-order valence-electron chi connectivity index (χ1n) is 3.51. The second kappa shape index (κ2) is 5.73. The lowest BCUT2D eigenvalue weighted by molar-refractivity contribution is 0.410. The highest BCUT2D eigenvalue weighted by Gasteiger charge is 1.86. The van der Waals surface area contributed by atoms with E-state index in [0.29, 0.717) is 5.70 Å². The molecule has 0 rings (SSSR count). The van der Waals surface area contributed by atoms with Crippen molar-refractivity contribution in [3.8, 4) is 0 Å². The molecular formula is C7H16N4. The topological polar surface area (TPSA) is 65.1 Å². The van der Waals surface area contributed by atoms with Crippen LogP contribution in [-0.4, -0.2) is 38.3 Å². The van der Waals surface area contributed by atoms with Crippen molar-refractivity contribution < 1.29 is 0 Å². The first kappa shape index (κ1) is 9.97. The first-order valence-corrected chi connectivity index (χ1v) is 3.51. The van der Waals surface area contributed by atoms with Crippen LogP contribution in [0.4, 0.5) is 0 Å². The summed E-state index contributed by atoms with van der Waals surface area (Å²) in [5.74, 6) is 0. The van der Waals surface area contributed by atoms with E-state index in [-0.39, 0.29) is 0 Å². The van der Waals surface area contributed by atoms with Crippen LogP contribution >= 0.6 is 0 Å². The SMILES string of the molecule is CN(C)CCN/C=C(/N)C=N. The van der Waals surface area contributed by atoms with Crippen molar-refractivity contribution in [3.05, 3.63) is 11.9 Å². The minimum atomic E-state index is 0.448. The smallest absolute Gasteiger partial charge is 0.0652 e. The summed E-state index contributed by atoms with van der Waals surface area (Å²) in [7, 11) is 4.01. The fourth-order valence-corrected chi connectivity index (χ4v) is 0.520. The van der Waals surface area contributed by atoms with Crippen molar-refractivity contribution in [2.24, 2.45) is 5.73 Å². The fourth-order valence-electron chi connectivity index (χ4n) is 0.520. The van der Waals surface area contributed by atoms with Crippen molar-refractivity contribution in [1.29, 1.82) is 5.41 Å². The van der Waals surface area contributed by atoms with Crippen molar-refractivity contribution in [2.75, 3.05) is 27.2 Å². The number of allylic oxidation sites excluding steroid dienone is 1. The summed E-state index contributed by atoms with van der Waals surface area (Å²) in [6.45, 7) is 1.81. The zero-order chi connectivity index (χ0) is 8.69. The molecule has 0 atom stereocenters. The maximum Gasteiger partial charge on any atom is 0.0652 e. The van der Waals surface area contributed by atoms with Gasteiger partial charge in [-0.2, -0.15) is 0 Å². The van der Waals surface area contributed by atoms with Gasteiger partial charge in [-0.05, 0) is 14.1 Å². The molecule has 0 fully saturated rings. The van der Waals surface area contributed by atoms with Crippen LogP contribution in [0.25, 0.3) is 0 Å². The number of nitrogens with zero attached hydrogens (tertiary/aromatic N) is 1. The largest absolute Gasteiger partial charge is 0.396 e. The maximum absolute atomic E-state index is 6.76. The molecule has 0 saturated carbocycles. The van der Waals surface area contributed by atoms with Gasteiger partial charge in [0.15, 0.2) is 0 Å². The molecule has 0 radical (unpaired) electrons. The molecule has 0 aliphatic carbocycles. The van der Waals surface area contributed by atoms with E-state index in [2.05, 4.69) is 10.2 Å². The van der Waals surface area contributed by atoms with Gasteiger partial charge in [0.1, 0.15) is 0 Å². The van der Waals surface area contributed by atoms with Gasteiger partial charge < -0.3 is 21.4 Å². The summed E-state index contributed by atoms with van der Waals surface area (Å²) in [5, 5.41) is 9.75. The quantitative estimate of drug-likeness (QED) is 0.374. The van der Waals surface area contributed by atoms with Gasteiger partial charge >= 0.3 is 0 Å². The number of nitrogens with two attached hydrogens (primary N) is 1. The average molecular weight is 156 g/mol. The highest BCUT2D eigenvalue weighted by Crippen LogP contribution is 1.74. The molecule has 4 heteroatoms. The Bertz CT molecular complexity index is 139. The third kappa shape index (κ3) is 6.86. The summed E-state index contributed by atoms with van der Waals surface area (Å²) in [5.41, 5.74) is 5.78. The highest BCUT2D eigenvalue weighted by molar-refractivity contribution is 5.73. The van der Waals surface area contributed by atoms with Gasteiger partial charge in [-0.3, -0.25) is 0 Å². The first-order chi connectivity index (χ1) is 5.16. The minimum absolute atomic E-state index is 0.448. The molecule has 0 aromatic carbocycles. The van der Waals surface area contributed by atoms with Gasteiger partial charge in [-0.25, -0.2) is 0 Å². The Kier molecular flexibility index (Phi) is 5.20. The normalized spacial score (nSPS) is 11.7. The van der Waals surface area contributed by atoms with Gasteiger partial charge in [0.25, 0.3) is 0 Å². The van der Waals surface area contributed by atoms with E-state index in [0.717, 1.165) is 19.3 Å². The van der Waals surface area contributed by atoms with Crippen LogP contribution in [0.5, 0.6) is 0 Å². The van der Waals surface area contributed by atoms with Gasteiger partial charge in [0, 0.05) is 25.5 Å². The number of likely N-dealkylation sites (N-methyl/N-ethyl adjacent to an activating group) is 1. The number of rotatable bonds is 5. The van der Waals surface area contributed by atoms with Crippen molar-refractivity contribution in [1.82, 2.24) is 10.2 Å². The summed E-state index contributed by atoms with van der Waals surface area (Å²) < 4.78 is 0. The second-order valence-corrected chi connectivity index (χ2v) is 2.55. The molecule has 0 aliphatic heterocycles. The molecule has 0 spiro atoms. The Morgan fingerprint density at radius 3 is 2.73 bits per heavy atom. The molecule has 0 aromatic rings. The lowest BCUT2D eigenvalue weighted by Crippen LogP contribution is -2.24. The molecule has 11 heavy (non-hydrogen) atoms. The van der Waals surface area contributed by atoms with Crippen LogP contribution in [0.3, 0.4) is 0 Å². The van der Waals surface area contributed by atoms with E-state index >= 15 is 0 Å². The summed E-state index contributed by atoms with van der Waals surface area (Å²) in [4.78, 5) is 2.07. The monoisotopic (exact) mass is 156 g/mol. The molecule has 0 unspecified atom stereocenters. The Hall–Kier alpha value is -1.03. The third-order valence-electron chi connectivity index (χ3n) is 1.14. The fraction of sp³-hybridized carbons (Fsp3) is 0.571. The number of hydrogen-bond acceptors (Lipinski definition) is 4. The van der Waals surface area contributed by atoms with Crippen LogP contribution in [0.2, 0.25) is 0 Å². The Morgan fingerprint density at radius 2 is 2.27 bits per heavy atom. The van der Waals surface area contributed by atoms with E-state index in [9.17, 15) is 0 Å². The van der Waals surface area contributed by atoms with Crippen LogP contribution in [0.15, 0.2) is 11.9 Å². The van der Waals surface area contributed by atoms with Gasteiger partial charge in [0.2, 0.25) is 0 Å². The predicted octanol–water partition coefficient (Wildman–Crippen LogP) is -0.413. The van der Waals surface area contributed by atoms with E-state index < -0.39 is 0 Å². The van der Waals surface area contributed by atoms with Crippen molar-refractivity contribution in [2.45, 2.75) is 0 Å². The molecule has 0 saturated heterocycles. The molecule has 0 heterocycles. The van der Waals surface area contributed by atoms with Crippen LogP contribution in [-0.2, 0) is 0 Å². The minimum Gasteiger partial charge on any atom is -0.396 e. The molecule has 0 aromatic heterocycles. The summed E-state index contributed by atoms with van der Waals surface area (Å²) in [6, 6.07) is 0. The standard InChI is InChI=1S/C7H16N4/c1-11(2)4-3-10-6-7(9)5-8/h5-6,8,10H,3-4,9H2,1-2H3/b7-6+,8-5?. The second-order valence-electron chi connectivity index (χ2n) is 2.55. The Balaban J connectivity index is 3.33. The molecule has 64 valence electrons. The molecule has 0 bridgehead atoms. The summed E-state index contributed by atoms with van der Waals surface area (Å²) in [6.07, 6.45) is 2.75. The molecule has 0 amide bonds. The summed E-state index contributed by atoms with van der Waals surface area (Å²) >= 11 is 0. The van der Waals surface area contributed by atoms with Crippen LogP contribution < -0.4 is 11.1 Å². The van der Waals surface area contributed by atoms with E-state index in [1.807, 2.05) is 14.1 Å². The average Bonchev–Trinajstić information content (AvgIpc) is 1.97. The van der Waals surface area contributed by atoms with Crippen molar-refractivity contribution >= 4 is 6.21 Å². The highest BCUT2D eigenvalue weighted by atomic mass is 15.1. The van der Waals surface area contributed by atoms with Gasteiger partial charge in [0.05, 0.1) is 5.70 Å². The Labute approximate surface area is 67.6 Å². The third-order valence-corrected chi connectivity index (χ3v) is 1.14. The lowest BCUT2D eigenvalue weighted by atomic mass is 10.5. The zero-order valence-electron chi connectivity index (χ0n) is 7.09. The van der Waals surface area contributed by atoms with Crippen molar-refractivity contribution in [3.63, 3.8) is 0 Å². The van der Waals surface area contributed by atoms with Crippen LogP contribution in [0.1, 0.15) is 0 Å². The van der Waals surface area contributed by atoms with E-state index in [4.69, 9.17) is 11.1 Å². The number of hydrogen-bond donors (Lipinski definition) is 3. The molecule has 4 nitrogen and oxygen atoms in total. The molecular weight excluding hydrogens is 140 g/mol. The lowest BCUT2D eigenvalue weighted by Gasteiger charge is -2.08. The Morgan fingerprint density at radius 1 is 1.64 bits per heavy atom. The zero-order valence-corrected chi connectivity index (χ0v) is 7.09. The van der Waals surface area contributed by atoms with Gasteiger partial charge in [-0.15, -0.1) is 0 Å². The van der Waals surface area contributed by atoms with Gasteiger partial charge in [-0.1, -0.05) is 0 Å². The molecule has 0 aliphatic rings. The molecule has 4 N–H and O–H groups in total. The number of nitrogens with one attached hydrogen (secondary N) is 2. The van der Waals surface area contributed by atoms with E-state index in [1.54, 1.807) is 6.20 Å². The van der Waals surface area contributed by atoms with Crippen LogP contribution in [0, 0.1) is 5.41 Å². The maximum atomic E-state index is 6.76. The predicted molar refractivity (Wildman–Crippen MR) is 47.6 cm³/mol. The van der Waals surface area contributed by atoms with E-state index in [1.165, 1.54) is 0 Å².